The Kier molecular flexibility index (Phi) is 3.96. The number of anilines is 1. The zero-order valence-corrected chi connectivity index (χ0v) is 15.9. The Balaban J connectivity index is 1.81. The lowest BCUT2D eigenvalue weighted by atomic mass is 9.98. The lowest BCUT2D eigenvalue weighted by molar-refractivity contribution is 0.0971. The first-order chi connectivity index (χ1) is 14.4. The van der Waals surface area contributed by atoms with Crippen molar-refractivity contribution in [1.29, 1.82) is 0 Å². The number of hydrogen-bond donors (Lipinski definition) is 1. The quantitative estimate of drug-likeness (QED) is 0.529. The molecule has 4 aromatic rings. The highest BCUT2D eigenvalue weighted by molar-refractivity contribution is 6.10. The molecule has 0 aliphatic carbocycles. The van der Waals surface area contributed by atoms with E-state index in [0.717, 1.165) is 5.56 Å². The number of hydrogen-bond acceptors (Lipinski definition) is 4. The highest BCUT2D eigenvalue weighted by Crippen LogP contribution is 2.41. The van der Waals surface area contributed by atoms with E-state index in [1.165, 1.54) is 41.3 Å². The summed E-state index contributed by atoms with van der Waals surface area (Å²) in [5.41, 5.74) is 2.24. The van der Waals surface area contributed by atoms with Crippen molar-refractivity contribution in [2.45, 2.75) is 13.0 Å². The number of carbonyl (C=O) groups is 1. The third-order valence-corrected chi connectivity index (χ3v) is 5.34. The summed E-state index contributed by atoms with van der Waals surface area (Å²) in [7, 11) is 0. The second kappa shape index (κ2) is 6.56. The Labute approximate surface area is 170 Å². The molecular weight excluding hydrogens is 385 g/mol. The monoisotopic (exact) mass is 401 g/mol. The smallest absolute Gasteiger partial charge is 0.295 e. The molecule has 1 unspecified atom stereocenters. The maximum Gasteiger partial charge on any atom is 0.295 e. The molecule has 0 radical (unpaired) electrons. The Hall–Kier alpha value is -3.93. The second-order valence-electron chi connectivity index (χ2n) is 7.32. The predicted octanol–water partition coefficient (Wildman–Crippen LogP) is 4.70. The van der Waals surface area contributed by atoms with Crippen LogP contribution in [0.5, 0.6) is 5.75 Å². The Morgan fingerprint density at radius 3 is 2.37 bits per heavy atom. The van der Waals surface area contributed by atoms with Gasteiger partial charge in [-0.2, -0.15) is 0 Å². The molecule has 1 N–H and O–H groups in total. The van der Waals surface area contributed by atoms with Crippen molar-refractivity contribution >= 4 is 22.6 Å². The number of aryl methyl sites for hydroxylation is 1. The van der Waals surface area contributed by atoms with Gasteiger partial charge in [-0.25, -0.2) is 4.39 Å². The fraction of sp³-hybridized carbons (Fsp3) is 0.0833. The summed E-state index contributed by atoms with van der Waals surface area (Å²) in [4.78, 5) is 28.2. The number of phenols is 1. The maximum absolute atomic E-state index is 13.5. The van der Waals surface area contributed by atoms with Crippen LogP contribution in [0.3, 0.4) is 0 Å². The van der Waals surface area contributed by atoms with Crippen molar-refractivity contribution in [2.75, 3.05) is 4.90 Å². The topological polar surface area (TPSA) is 70.8 Å². The van der Waals surface area contributed by atoms with E-state index in [-0.39, 0.29) is 22.5 Å². The van der Waals surface area contributed by atoms with Crippen molar-refractivity contribution in [3.63, 3.8) is 0 Å². The first-order valence-electron chi connectivity index (χ1n) is 9.39. The minimum Gasteiger partial charge on any atom is -0.508 e. The Morgan fingerprint density at radius 2 is 1.67 bits per heavy atom. The van der Waals surface area contributed by atoms with Gasteiger partial charge in [-0.3, -0.25) is 14.5 Å². The molecule has 1 aliphatic heterocycles. The molecule has 1 aromatic heterocycles. The standard InChI is InChI=1S/C24H16FNO4/c1-13-2-11-19-18(12-13)22(28)20-21(14-3-9-17(27)10-4-14)26(24(29)23(20)30-19)16-7-5-15(25)6-8-16/h2-12,21,27H,1H3. The number of carbonyl (C=O) groups excluding carboxylic acids is 1. The SMILES string of the molecule is Cc1ccc2oc3c(c(=O)c2c1)C(c1ccc(O)cc1)N(c1ccc(F)cc1)C3=O. The summed E-state index contributed by atoms with van der Waals surface area (Å²) in [6.07, 6.45) is 0. The third kappa shape index (κ3) is 2.69. The van der Waals surface area contributed by atoms with Gasteiger partial charge in [0.2, 0.25) is 5.76 Å². The molecule has 148 valence electrons. The highest BCUT2D eigenvalue weighted by Gasteiger charge is 2.43. The van der Waals surface area contributed by atoms with Gasteiger partial charge in [0.15, 0.2) is 5.43 Å². The van der Waals surface area contributed by atoms with E-state index in [0.29, 0.717) is 22.2 Å². The second-order valence-corrected chi connectivity index (χ2v) is 7.32. The highest BCUT2D eigenvalue weighted by atomic mass is 19.1. The molecule has 5 rings (SSSR count). The fourth-order valence-corrected chi connectivity index (χ4v) is 3.93. The number of nitrogens with zero attached hydrogens (tertiary/aromatic N) is 1. The van der Waals surface area contributed by atoms with Crippen LogP contribution in [-0.4, -0.2) is 11.0 Å². The van der Waals surface area contributed by atoms with Crippen molar-refractivity contribution in [2.24, 2.45) is 0 Å². The van der Waals surface area contributed by atoms with E-state index in [9.17, 15) is 19.1 Å². The van der Waals surface area contributed by atoms with Gasteiger partial charge < -0.3 is 9.52 Å². The van der Waals surface area contributed by atoms with Crippen LogP contribution in [0.2, 0.25) is 0 Å². The molecule has 0 spiro atoms. The van der Waals surface area contributed by atoms with Crippen molar-refractivity contribution < 1.29 is 18.7 Å². The largest absolute Gasteiger partial charge is 0.508 e. The van der Waals surface area contributed by atoms with E-state index in [4.69, 9.17) is 4.42 Å². The molecule has 6 heteroatoms. The molecule has 0 bridgehead atoms. The van der Waals surface area contributed by atoms with Gasteiger partial charge in [-0.15, -0.1) is 0 Å². The molecule has 1 aliphatic rings. The first kappa shape index (κ1) is 18.1. The summed E-state index contributed by atoms with van der Waals surface area (Å²) >= 11 is 0. The molecule has 1 amide bonds. The molecule has 2 heterocycles. The molecule has 3 aromatic carbocycles. The van der Waals surface area contributed by atoms with Crippen LogP contribution in [0.1, 0.15) is 33.3 Å². The van der Waals surface area contributed by atoms with Gasteiger partial charge in [0.1, 0.15) is 17.1 Å². The van der Waals surface area contributed by atoms with E-state index in [1.807, 2.05) is 13.0 Å². The van der Waals surface area contributed by atoms with E-state index >= 15 is 0 Å². The summed E-state index contributed by atoms with van der Waals surface area (Å²) in [5.74, 6) is -0.870. The van der Waals surface area contributed by atoms with Gasteiger partial charge in [-0.05, 0) is 61.0 Å². The van der Waals surface area contributed by atoms with Gasteiger partial charge in [0.25, 0.3) is 5.91 Å². The Morgan fingerprint density at radius 1 is 0.967 bits per heavy atom. The van der Waals surface area contributed by atoms with E-state index < -0.39 is 17.8 Å². The summed E-state index contributed by atoms with van der Waals surface area (Å²) in [5, 5.41) is 10.1. The number of fused-ring (bicyclic) bond motifs is 2. The fourth-order valence-electron chi connectivity index (χ4n) is 3.93. The molecule has 30 heavy (non-hydrogen) atoms. The van der Waals surface area contributed by atoms with Crippen LogP contribution in [0.4, 0.5) is 10.1 Å². The number of halogens is 1. The average Bonchev–Trinajstić information content (AvgIpc) is 3.03. The molecular formula is C24H16FNO4. The number of aromatic hydroxyl groups is 1. The maximum atomic E-state index is 13.5. The van der Waals surface area contributed by atoms with E-state index in [1.54, 1.807) is 24.3 Å². The van der Waals surface area contributed by atoms with Crippen LogP contribution in [0.15, 0.2) is 75.9 Å². The molecule has 5 nitrogen and oxygen atoms in total. The summed E-state index contributed by atoms with van der Waals surface area (Å²) in [6.45, 7) is 1.87. The van der Waals surface area contributed by atoms with Gasteiger partial charge in [0.05, 0.1) is 17.0 Å². The molecule has 0 saturated carbocycles. The van der Waals surface area contributed by atoms with Crippen LogP contribution < -0.4 is 10.3 Å². The average molecular weight is 401 g/mol. The normalized spacial score (nSPS) is 15.6. The van der Waals surface area contributed by atoms with Gasteiger partial charge in [-0.1, -0.05) is 23.8 Å². The van der Waals surface area contributed by atoms with Crippen LogP contribution in [-0.2, 0) is 0 Å². The van der Waals surface area contributed by atoms with Crippen molar-refractivity contribution in [3.8, 4) is 5.75 Å². The number of amides is 1. The van der Waals surface area contributed by atoms with Gasteiger partial charge >= 0.3 is 0 Å². The molecule has 0 fully saturated rings. The lowest BCUT2D eigenvalue weighted by Gasteiger charge is -2.25. The van der Waals surface area contributed by atoms with Crippen LogP contribution in [0.25, 0.3) is 11.0 Å². The summed E-state index contributed by atoms with van der Waals surface area (Å²) in [6, 6.07) is 16.2. The van der Waals surface area contributed by atoms with Crippen molar-refractivity contribution in [1.82, 2.24) is 0 Å². The Bertz CT molecular complexity index is 1360. The predicted molar refractivity (Wildman–Crippen MR) is 110 cm³/mol. The first-order valence-corrected chi connectivity index (χ1v) is 9.39. The molecule has 0 saturated heterocycles. The van der Waals surface area contributed by atoms with Crippen molar-refractivity contribution in [3.05, 3.63) is 105 Å². The van der Waals surface area contributed by atoms with E-state index in [2.05, 4.69) is 0 Å². The van der Waals surface area contributed by atoms with Gasteiger partial charge in [0, 0.05) is 5.69 Å². The zero-order chi connectivity index (χ0) is 21.0. The number of phenolic OH excluding ortho intramolecular Hbond substituents is 1. The zero-order valence-electron chi connectivity index (χ0n) is 15.9. The number of rotatable bonds is 2. The minimum atomic E-state index is -0.764. The number of benzene rings is 3. The molecule has 1 atom stereocenters. The summed E-state index contributed by atoms with van der Waals surface area (Å²) < 4.78 is 19.4. The third-order valence-electron chi connectivity index (χ3n) is 5.34. The lowest BCUT2D eigenvalue weighted by Crippen LogP contribution is -2.29. The minimum absolute atomic E-state index is 0.0289. The van der Waals surface area contributed by atoms with Crippen LogP contribution >= 0.6 is 0 Å². The van der Waals surface area contributed by atoms with Crippen LogP contribution in [0, 0.1) is 12.7 Å².